The van der Waals surface area contributed by atoms with Gasteiger partial charge in [-0.2, -0.15) is 4.98 Å². The molecule has 1 aromatic heterocycles. The van der Waals surface area contributed by atoms with E-state index < -0.39 is 0 Å². The smallest absolute Gasteiger partial charge is 0.267 e. The maximum absolute atomic E-state index is 5.63. The third-order valence-corrected chi connectivity index (χ3v) is 3.61. The van der Waals surface area contributed by atoms with E-state index in [1.165, 1.54) is 0 Å². The lowest BCUT2D eigenvalue weighted by Gasteiger charge is -2.10. The third kappa shape index (κ3) is 5.07. The Kier molecular flexibility index (Phi) is 6.40. The molecule has 0 spiro atoms. The van der Waals surface area contributed by atoms with E-state index in [4.69, 9.17) is 18.8 Å². The van der Waals surface area contributed by atoms with Crippen LogP contribution >= 0.6 is 0 Å². The van der Waals surface area contributed by atoms with Crippen LogP contribution in [-0.4, -0.2) is 30.1 Å². The molecule has 0 radical (unpaired) electrons. The van der Waals surface area contributed by atoms with Gasteiger partial charge < -0.3 is 18.8 Å². The Morgan fingerprint density at radius 1 is 1.11 bits per heavy atom. The van der Waals surface area contributed by atoms with Gasteiger partial charge in [0.25, 0.3) is 5.89 Å². The Morgan fingerprint density at radius 2 is 1.96 bits per heavy atom. The molecule has 140 valence electrons. The van der Waals surface area contributed by atoms with Gasteiger partial charge in [0, 0.05) is 11.1 Å². The van der Waals surface area contributed by atoms with Gasteiger partial charge in [0.2, 0.25) is 5.82 Å². The Labute approximate surface area is 157 Å². The topological polar surface area (TPSA) is 79.0 Å². The molecule has 7 heteroatoms. The predicted octanol–water partition coefficient (Wildman–Crippen LogP) is 4.08. The molecule has 2 aromatic carbocycles. The Morgan fingerprint density at radius 3 is 2.74 bits per heavy atom. The van der Waals surface area contributed by atoms with Crippen LogP contribution in [0, 0.1) is 0 Å². The average molecular weight is 367 g/mol. The molecule has 0 unspecified atom stereocenters. The van der Waals surface area contributed by atoms with E-state index in [0.29, 0.717) is 29.8 Å². The molecule has 3 rings (SSSR count). The van der Waals surface area contributed by atoms with Gasteiger partial charge >= 0.3 is 0 Å². The SMILES string of the molecule is CCCOc1ccc(/C=N\OCc2nc(-c3ccccc3)no2)cc1OC. The molecule has 7 nitrogen and oxygen atoms in total. The highest BCUT2D eigenvalue weighted by Crippen LogP contribution is 2.27. The lowest BCUT2D eigenvalue weighted by molar-refractivity contribution is 0.107. The first-order valence-corrected chi connectivity index (χ1v) is 8.64. The summed E-state index contributed by atoms with van der Waals surface area (Å²) in [5.74, 6) is 2.23. The summed E-state index contributed by atoms with van der Waals surface area (Å²) in [6.07, 6.45) is 2.52. The summed E-state index contributed by atoms with van der Waals surface area (Å²) in [5.41, 5.74) is 1.71. The molecule has 0 saturated heterocycles. The van der Waals surface area contributed by atoms with Crippen LogP contribution in [0.1, 0.15) is 24.8 Å². The minimum atomic E-state index is 0.0885. The summed E-state index contributed by atoms with van der Waals surface area (Å²) in [7, 11) is 1.60. The summed E-state index contributed by atoms with van der Waals surface area (Å²) >= 11 is 0. The molecular weight excluding hydrogens is 346 g/mol. The van der Waals surface area contributed by atoms with Crippen molar-refractivity contribution in [1.82, 2.24) is 10.1 Å². The van der Waals surface area contributed by atoms with Crippen molar-refractivity contribution >= 4 is 6.21 Å². The van der Waals surface area contributed by atoms with Crippen molar-refractivity contribution < 1.29 is 18.8 Å². The number of benzene rings is 2. The predicted molar refractivity (Wildman–Crippen MR) is 101 cm³/mol. The van der Waals surface area contributed by atoms with Crippen LogP contribution in [0.5, 0.6) is 11.5 Å². The molecule has 0 N–H and O–H groups in total. The molecule has 0 aliphatic carbocycles. The minimum Gasteiger partial charge on any atom is -0.493 e. The van der Waals surface area contributed by atoms with E-state index in [1.54, 1.807) is 13.3 Å². The van der Waals surface area contributed by atoms with Crippen LogP contribution in [0.15, 0.2) is 58.2 Å². The number of methoxy groups -OCH3 is 1. The molecule has 0 amide bonds. The largest absolute Gasteiger partial charge is 0.493 e. The van der Waals surface area contributed by atoms with Gasteiger partial charge in [0.05, 0.1) is 19.9 Å². The number of hydrogen-bond acceptors (Lipinski definition) is 7. The first-order valence-electron chi connectivity index (χ1n) is 8.64. The maximum atomic E-state index is 5.63. The molecule has 0 atom stereocenters. The van der Waals surface area contributed by atoms with Crippen LogP contribution in [0.4, 0.5) is 0 Å². The molecule has 0 fully saturated rings. The number of aromatic nitrogens is 2. The lowest BCUT2D eigenvalue weighted by Crippen LogP contribution is -1.98. The highest BCUT2D eigenvalue weighted by Gasteiger charge is 2.08. The number of oxime groups is 1. The second kappa shape index (κ2) is 9.38. The number of rotatable bonds is 9. The van der Waals surface area contributed by atoms with Crippen molar-refractivity contribution in [2.45, 2.75) is 20.0 Å². The van der Waals surface area contributed by atoms with Gasteiger partial charge in [-0.25, -0.2) is 0 Å². The fourth-order valence-electron chi connectivity index (χ4n) is 2.30. The van der Waals surface area contributed by atoms with Crippen molar-refractivity contribution in [2.75, 3.05) is 13.7 Å². The Hall–Kier alpha value is -3.35. The first kappa shape index (κ1) is 18.4. The van der Waals surface area contributed by atoms with Crippen LogP contribution < -0.4 is 9.47 Å². The summed E-state index contributed by atoms with van der Waals surface area (Å²) in [6.45, 7) is 2.78. The van der Waals surface area contributed by atoms with Crippen LogP contribution in [0.3, 0.4) is 0 Å². The van der Waals surface area contributed by atoms with E-state index in [9.17, 15) is 0 Å². The van der Waals surface area contributed by atoms with Gasteiger partial charge in [-0.3, -0.25) is 0 Å². The van der Waals surface area contributed by atoms with Crippen molar-refractivity contribution in [2.24, 2.45) is 5.16 Å². The van der Waals surface area contributed by atoms with Crippen molar-refractivity contribution in [1.29, 1.82) is 0 Å². The van der Waals surface area contributed by atoms with Crippen LogP contribution in [0.2, 0.25) is 0 Å². The number of hydrogen-bond donors (Lipinski definition) is 0. The van der Waals surface area contributed by atoms with Crippen molar-refractivity contribution in [3.63, 3.8) is 0 Å². The number of nitrogens with zero attached hydrogens (tertiary/aromatic N) is 3. The Balaban J connectivity index is 1.56. The van der Waals surface area contributed by atoms with Gasteiger partial charge in [0.15, 0.2) is 18.1 Å². The van der Waals surface area contributed by atoms with Crippen molar-refractivity contribution in [3.05, 3.63) is 60.0 Å². The summed E-state index contributed by atoms with van der Waals surface area (Å²) in [6, 6.07) is 15.1. The Bertz CT molecular complexity index is 878. The van der Waals surface area contributed by atoms with Gasteiger partial charge in [-0.05, 0) is 24.6 Å². The van der Waals surface area contributed by atoms with Crippen LogP contribution in [-0.2, 0) is 11.4 Å². The normalized spacial score (nSPS) is 10.9. The quantitative estimate of drug-likeness (QED) is 0.419. The third-order valence-electron chi connectivity index (χ3n) is 3.61. The standard InChI is InChI=1S/C20H21N3O4/c1-3-11-25-17-10-9-15(12-18(17)24-2)13-21-26-14-19-22-20(23-27-19)16-7-5-4-6-8-16/h4-10,12-13H,3,11,14H2,1-2H3/b21-13-. The first-order chi connectivity index (χ1) is 13.3. The molecule has 27 heavy (non-hydrogen) atoms. The highest BCUT2D eigenvalue weighted by atomic mass is 16.6. The van der Waals surface area contributed by atoms with E-state index >= 15 is 0 Å². The van der Waals surface area contributed by atoms with Gasteiger partial charge in [0.1, 0.15) is 0 Å². The number of ether oxygens (including phenoxy) is 2. The second-order valence-electron chi connectivity index (χ2n) is 5.64. The maximum Gasteiger partial charge on any atom is 0.267 e. The fourth-order valence-corrected chi connectivity index (χ4v) is 2.30. The zero-order valence-corrected chi connectivity index (χ0v) is 15.3. The monoisotopic (exact) mass is 367 g/mol. The molecule has 0 saturated carbocycles. The molecule has 0 aliphatic heterocycles. The summed E-state index contributed by atoms with van der Waals surface area (Å²) < 4.78 is 16.1. The van der Waals surface area contributed by atoms with Crippen LogP contribution in [0.25, 0.3) is 11.4 Å². The summed E-state index contributed by atoms with van der Waals surface area (Å²) in [5, 5.41) is 7.87. The zero-order chi connectivity index (χ0) is 18.9. The minimum absolute atomic E-state index is 0.0885. The lowest BCUT2D eigenvalue weighted by atomic mass is 10.2. The average Bonchev–Trinajstić information content (AvgIpc) is 3.19. The van der Waals surface area contributed by atoms with E-state index in [1.807, 2.05) is 48.5 Å². The summed E-state index contributed by atoms with van der Waals surface area (Å²) in [4.78, 5) is 9.52. The molecule has 3 aromatic rings. The van der Waals surface area contributed by atoms with Crippen molar-refractivity contribution in [3.8, 4) is 22.9 Å². The van der Waals surface area contributed by atoms with E-state index in [-0.39, 0.29) is 6.61 Å². The molecular formula is C20H21N3O4. The molecule has 0 bridgehead atoms. The highest BCUT2D eigenvalue weighted by molar-refractivity contribution is 5.80. The van der Waals surface area contributed by atoms with Gasteiger partial charge in [-0.15, -0.1) is 0 Å². The molecule has 0 aliphatic rings. The molecule has 1 heterocycles. The van der Waals surface area contributed by atoms with E-state index in [2.05, 4.69) is 22.2 Å². The van der Waals surface area contributed by atoms with Gasteiger partial charge in [-0.1, -0.05) is 47.6 Å². The zero-order valence-electron chi connectivity index (χ0n) is 15.3. The van der Waals surface area contributed by atoms with E-state index in [0.717, 1.165) is 17.5 Å². The second-order valence-corrected chi connectivity index (χ2v) is 5.64. The fraction of sp³-hybridized carbons (Fsp3) is 0.250.